The standard InChI is InChI=1S/C17H25N3O2.ClH/c21-17(7-6-15-5-1-2-11-22-15)20-10-9-19-13-16(20)14-4-3-8-18-12-14;/h3-4,8,12,15-16,19H,1-2,5-7,9-11,13H2;1H. The Bertz CT molecular complexity index is 480. The number of carbonyl (C=O) groups excluding carboxylic acids is 1. The molecule has 3 rings (SSSR count). The number of amides is 1. The zero-order valence-corrected chi connectivity index (χ0v) is 14.3. The summed E-state index contributed by atoms with van der Waals surface area (Å²) in [6.07, 6.45) is 8.83. The van der Waals surface area contributed by atoms with Crippen molar-refractivity contribution in [2.45, 2.75) is 44.2 Å². The lowest BCUT2D eigenvalue weighted by molar-refractivity contribution is -0.135. The van der Waals surface area contributed by atoms with E-state index in [1.54, 1.807) is 6.20 Å². The van der Waals surface area contributed by atoms with Gasteiger partial charge in [0, 0.05) is 45.1 Å². The molecule has 1 aromatic rings. The number of halogens is 1. The summed E-state index contributed by atoms with van der Waals surface area (Å²) >= 11 is 0. The van der Waals surface area contributed by atoms with Crippen LogP contribution in [0.3, 0.4) is 0 Å². The molecule has 0 spiro atoms. The van der Waals surface area contributed by atoms with Crippen molar-refractivity contribution < 1.29 is 9.53 Å². The smallest absolute Gasteiger partial charge is 0.223 e. The first-order chi connectivity index (χ1) is 10.8. The van der Waals surface area contributed by atoms with E-state index in [0.717, 1.165) is 51.1 Å². The van der Waals surface area contributed by atoms with E-state index in [1.165, 1.54) is 6.42 Å². The number of hydrogen-bond donors (Lipinski definition) is 1. The molecule has 2 unspecified atom stereocenters. The Hall–Kier alpha value is -1.17. The lowest BCUT2D eigenvalue weighted by Gasteiger charge is -2.37. The van der Waals surface area contributed by atoms with Gasteiger partial charge in [0.2, 0.25) is 5.91 Å². The number of piperazine rings is 1. The molecule has 0 aromatic carbocycles. The monoisotopic (exact) mass is 339 g/mol. The van der Waals surface area contributed by atoms with E-state index in [1.807, 2.05) is 17.2 Å². The average molecular weight is 340 g/mol. The van der Waals surface area contributed by atoms with E-state index < -0.39 is 0 Å². The highest BCUT2D eigenvalue weighted by atomic mass is 35.5. The van der Waals surface area contributed by atoms with Gasteiger partial charge in [0.05, 0.1) is 12.1 Å². The summed E-state index contributed by atoms with van der Waals surface area (Å²) < 4.78 is 5.73. The van der Waals surface area contributed by atoms with E-state index in [0.29, 0.717) is 6.42 Å². The Morgan fingerprint density at radius 1 is 1.43 bits per heavy atom. The number of carbonyl (C=O) groups is 1. The summed E-state index contributed by atoms with van der Waals surface area (Å²) in [6, 6.07) is 4.08. The molecule has 0 aliphatic carbocycles. The minimum atomic E-state index is 0. The van der Waals surface area contributed by atoms with Gasteiger partial charge < -0.3 is 15.0 Å². The zero-order valence-electron chi connectivity index (χ0n) is 13.4. The van der Waals surface area contributed by atoms with Crippen molar-refractivity contribution in [2.75, 3.05) is 26.2 Å². The Balaban J connectivity index is 0.00000192. The van der Waals surface area contributed by atoms with Gasteiger partial charge in [-0.2, -0.15) is 0 Å². The van der Waals surface area contributed by atoms with Crippen LogP contribution in [0.15, 0.2) is 24.5 Å². The lowest BCUT2D eigenvalue weighted by atomic mass is 10.0. The van der Waals surface area contributed by atoms with Gasteiger partial charge in [0.15, 0.2) is 0 Å². The second-order valence-electron chi connectivity index (χ2n) is 6.12. The second-order valence-corrected chi connectivity index (χ2v) is 6.12. The number of aromatic nitrogens is 1. The third kappa shape index (κ3) is 4.90. The first kappa shape index (κ1) is 18.2. The van der Waals surface area contributed by atoms with Gasteiger partial charge in [-0.15, -0.1) is 12.4 Å². The van der Waals surface area contributed by atoms with Crippen LogP contribution in [-0.2, 0) is 9.53 Å². The van der Waals surface area contributed by atoms with Gasteiger partial charge in [0.25, 0.3) is 0 Å². The molecular weight excluding hydrogens is 314 g/mol. The molecule has 6 heteroatoms. The number of ether oxygens (including phenoxy) is 1. The van der Waals surface area contributed by atoms with Crippen LogP contribution in [0.1, 0.15) is 43.7 Å². The van der Waals surface area contributed by atoms with Gasteiger partial charge in [-0.05, 0) is 37.3 Å². The van der Waals surface area contributed by atoms with Crippen molar-refractivity contribution >= 4 is 18.3 Å². The quantitative estimate of drug-likeness (QED) is 0.914. The summed E-state index contributed by atoms with van der Waals surface area (Å²) in [5, 5.41) is 3.38. The molecule has 3 heterocycles. The van der Waals surface area contributed by atoms with E-state index >= 15 is 0 Å². The van der Waals surface area contributed by atoms with Crippen molar-refractivity contribution in [1.29, 1.82) is 0 Å². The van der Waals surface area contributed by atoms with Crippen LogP contribution in [0.4, 0.5) is 0 Å². The van der Waals surface area contributed by atoms with Gasteiger partial charge in [-0.3, -0.25) is 9.78 Å². The first-order valence-corrected chi connectivity index (χ1v) is 8.36. The highest BCUT2D eigenvalue weighted by molar-refractivity contribution is 5.85. The van der Waals surface area contributed by atoms with Crippen molar-refractivity contribution in [3.8, 4) is 0 Å². The summed E-state index contributed by atoms with van der Waals surface area (Å²) in [5.74, 6) is 0.240. The number of nitrogens with one attached hydrogen (secondary N) is 1. The molecule has 2 aliphatic heterocycles. The van der Waals surface area contributed by atoms with Crippen molar-refractivity contribution in [3.05, 3.63) is 30.1 Å². The molecule has 0 saturated carbocycles. The van der Waals surface area contributed by atoms with Crippen LogP contribution in [0.25, 0.3) is 0 Å². The van der Waals surface area contributed by atoms with Crippen LogP contribution in [0, 0.1) is 0 Å². The molecule has 2 fully saturated rings. The molecule has 1 amide bonds. The third-order valence-corrected chi connectivity index (χ3v) is 4.59. The summed E-state index contributed by atoms with van der Waals surface area (Å²) in [4.78, 5) is 18.8. The largest absolute Gasteiger partial charge is 0.378 e. The Morgan fingerprint density at radius 3 is 3.09 bits per heavy atom. The second kappa shape index (κ2) is 9.21. The van der Waals surface area contributed by atoms with Crippen molar-refractivity contribution in [3.63, 3.8) is 0 Å². The summed E-state index contributed by atoms with van der Waals surface area (Å²) in [7, 11) is 0. The average Bonchev–Trinajstić information content (AvgIpc) is 2.61. The maximum absolute atomic E-state index is 12.6. The molecule has 128 valence electrons. The van der Waals surface area contributed by atoms with E-state index in [9.17, 15) is 4.79 Å². The molecule has 2 saturated heterocycles. The molecule has 1 aromatic heterocycles. The molecule has 1 N–H and O–H groups in total. The number of nitrogens with zero attached hydrogens (tertiary/aromatic N) is 2. The van der Waals surface area contributed by atoms with Crippen LogP contribution >= 0.6 is 12.4 Å². The molecule has 23 heavy (non-hydrogen) atoms. The van der Waals surface area contributed by atoms with Crippen LogP contribution in [-0.4, -0.2) is 48.1 Å². The van der Waals surface area contributed by atoms with E-state index in [-0.39, 0.29) is 30.5 Å². The fraction of sp³-hybridized carbons (Fsp3) is 0.647. The van der Waals surface area contributed by atoms with Crippen LogP contribution in [0.5, 0.6) is 0 Å². The van der Waals surface area contributed by atoms with Gasteiger partial charge in [0.1, 0.15) is 0 Å². The van der Waals surface area contributed by atoms with Gasteiger partial charge in [-0.25, -0.2) is 0 Å². The van der Waals surface area contributed by atoms with Crippen molar-refractivity contribution in [1.82, 2.24) is 15.2 Å². The van der Waals surface area contributed by atoms with Gasteiger partial charge >= 0.3 is 0 Å². The zero-order chi connectivity index (χ0) is 15.2. The summed E-state index contributed by atoms with van der Waals surface area (Å²) in [6.45, 7) is 3.29. The minimum absolute atomic E-state index is 0. The molecule has 0 radical (unpaired) electrons. The minimum Gasteiger partial charge on any atom is -0.378 e. The number of rotatable bonds is 4. The molecule has 0 bridgehead atoms. The lowest BCUT2D eigenvalue weighted by Crippen LogP contribution is -2.48. The highest BCUT2D eigenvalue weighted by Gasteiger charge is 2.28. The fourth-order valence-corrected chi connectivity index (χ4v) is 3.34. The third-order valence-electron chi connectivity index (χ3n) is 4.59. The van der Waals surface area contributed by atoms with Crippen molar-refractivity contribution in [2.24, 2.45) is 0 Å². The van der Waals surface area contributed by atoms with Crippen LogP contribution in [0.2, 0.25) is 0 Å². The maximum Gasteiger partial charge on any atom is 0.223 e. The highest BCUT2D eigenvalue weighted by Crippen LogP contribution is 2.24. The molecule has 2 aliphatic rings. The predicted molar refractivity (Wildman–Crippen MR) is 91.6 cm³/mol. The Labute approximate surface area is 144 Å². The Morgan fingerprint density at radius 2 is 2.35 bits per heavy atom. The Kier molecular flexibility index (Phi) is 7.27. The normalized spacial score (nSPS) is 24.8. The van der Waals surface area contributed by atoms with Crippen LogP contribution < -0.4 is 5.32 Å². The predicted octanol–water partition coefficient (Wildman–Crippen LogP) is 2.33. The fourth-order valence-electron chi connectivity index (χ4n) is 3.34. The van der Waals surface area contributed by atoms with E-state index in [2.05, 4.69) is 16.4 Å². The SMILES string of the molecule is Cl.O=C(CCC1CCCCO1)N1CCNCC1c1cccnc1. The number of hydrogen-bond acceptors (Lipinski definition) is 4. The number of pyridine rings is 1. The molecule has 5 nitrogen and oxygen atoms in total. The topological polar surface area (TPSA) is 54.5 Å². The first-order valence-electron chi connectivity index (χ1n) is 8.36. The molecule has 2 atom stereocenters. The molecular formula is C17H26ClN3O2. The van der Waals surface area contributed by atoms with E-state index in [4.69, 9.17) is 4.74 Å². The summed E-state index contributed by atoms with van der Waals surface area (Å²) in [5.41, 5.74) is 1.11. The maximum atomic E-state index is 12.6. The van der Waals surface area contributed by atoms with Gasteiger partial charge in [-0.1, -0.05) is 6.07 Å².